The Kier molecular flexibility index (Phi) is 5.34. The Morgan fingerprint density at radius 2 is 2.24 bits per heavy atom. The lowest BCUT2D eigenvalue weighted by Crippen LogP contribution is -2.23. The molecule has 17 heavy (non-hydrogen) atoms. The van der Waals surface area contributed by atoms with E-state index in [9.17, 15) is 0 Å². The van der Waals surface area contributed by atoms with E-state index < -0.39 is 0 Å². The Bertz CT molecular complexity index is 409. The first-order valence-electron chi connectivity index (χ1n) is 5.79. The molecule has 2 nitrogen and oxygen atoms in total. The van der Waals surface area contributed by atoms with E-state index in [0.29, 0.717) is 12.6 Å². The largest absolute Gasteiger partial charge is 0.359 e. The quantitative estimate of drug-likeness (QED) is 0.808. The minimum Gasteiger partial charge on any atom is -0.359 e. The number of benzene rings is 1. The van der Waals surface area contributed by atoms with Crippen LogP contribution in [0.25, 0.3) is 0 Å². The zero-order valence-electron chi connectivity index (χ0n) is 10.6. The van der Waals surface area contributed by atoms with E-state index in [1.807, 2.05) is 19.2 Å². The van der Waals surface area contributed by atoms with E-state index >= 15 is 0 Å². The van der Waals surface area contributed by atoms with Crippen molar-refractivity contribution in [3.63, 3.8) is 0 Å². The molecule has 0 aliphatic rings. The maximum atomic E-state index is 6.30. The van der Waals surface area contributed by atoms with Gasteiger partial charge < -0.3 is 10.2 Å². The van der Waals surface area contributed by atoms with E-state index in [-0.39, 0.29) is 0 Å². The molecule has 0 saturated carbocycles. The molecule has 0 fully saturated rings. The monoisotopic (exact) mass is 250 g/mol. The SMILES string of the molecule is C#CCN(CC)c1ccc(C(C)NC)cc1Cl. The van der Waals surface area contributed by atoms with Gasteiger partial charge in [-0.25, -0.2) is 0 Å². The van der Waals surface area contributed by atoms with Gasteiger partial charge in [-0.05, 0) is 38.6 Å². The molecule has 0 amide bonds. The van der Waals surface area contributed by atoms with E-state index in [4.69, 9.17) is 18.0 Å². The van der Waals surface area contributed by atoms with Crippen LogP contribution in [0.4, 0.5) is 5.69 Å². The summed E-state index contributed by atoms with van der Waals surface area (Å²) in [4.78, 5) is 2.08. The Balaban J connectivity index is 3.00. The Hall–Kier alpha value is -1.17. The normalized spacial score (nSPS) is 11.9. The molecular formula is C14H19ClN2. The second kappa shape index (κ2) is 6.54. The molecule has 0 aromatic heterocycles. The van der Waals surface area contributed by atoms with Crippen molar-refractivity contribution in [1.29, 1.82) is 0 Å². The minimum atomic E-state index is 0.296. The molecule has 1 aromatic rings. The number of hydrogen-bond acceptors (Lipinski definition) is 2. The second-order valence-electron chi connectivity index (χ2n) is 3.94. The number of nitrogens with zero attached hydrogens (tertiary/aromatic N) is 1. The summed E-state index contributed by atoms with van der Waals surface area (Å²) in [7, 11) is 1.93. The summed E-state index contributed by atoms with van der Waals surface area (Å²) in [5, 5.41) is 3.94. The zero-order chi connectivity index (χ0) is 12.8. The average Bonchev–Trinajstić information content (AvgIpc) is 2.35. The standard InChI is InChI=1S/C14H19ClN2/c1-5-9-17(6-2)14-8-7-12(10-13(14)15)11(3)16-4/h1,7-8,10-11,16H,6,9H2,2-4H3. The number of hydrogen-bond donors (Lipinski definition) is 1. The minimum absolute atomic E-state index is 0.296. The first-order valence-corrected chi connectivity index (χ1v) is 6.17. The van der Waals surface area contributed by atoms with E-state index in [2.05, 4.69) is 36.1 Å². The predicted molar refractivity (Wildman–Crippen MR) is 75.6 cm³/mol. The molecule has 1 N–H and O–H groups in total. The number of halogens is 1. The van der Waals surface area contributed by atoms with E-state index in [0.717, 1.165) is 17.3 Å². The summed E-state index contributed by atoms with van der Waals surface area (Å²) >= 11 is 6.30. The van der Waals surface area contributed by atoms with Gasteiger partial charge in [0.25, 0.3) is 0 Å². The highest BCUT2D eigenvalue weighted by Crippen LogP contribution is 2.28. The summed E-state index contributed by atoms with van der Waals surface area (Å²) in [6, 6.07) is 6.41. The van der Waals surface area contributed by atoms with Gasteiger partial charge in [-0.15, -0.1) is 6.42 Å². The van der Waals surface area contributed by atoms with Crippen molar-refractivity contribution in [1.82, 2.24) is 5.32 Å². The van der Waals surface area contributed by atoms with Gasteiger partial charge >= 0.3 is 0 Å². The van der Waals surface area contributed by atoms with Crippen LogP contribution in [0, 0.1) is 12.3 Å². The van der Waals surface area contributed by atoms with Crippen molar-refractivity contribution in [2.24, 2.45) is 0 Å². The van der Waals surface area contributed by atoms with Crippen LogP contribution in [-0.2, 0) is 0 Å². The summed E-state index contributed by atoms with van der Waals surface area (Å²) in [6.07, 6.45) is 5.35. The molecule has 0 spiro atoms. The fourth-order valence-electron chi connectivity index (χ4n) is 1.69. The lowest BCUT2D eigenvalue weighted by atomic mass is 10.1. The third kappa shape index (κ3) is 3.39. The van der Waals surface area contributed by atoms with Gasteiger partial charge in [-0.1, -0.05) is 23.6 Å². The van der Waals surface area contributed by atoms with Gasteiger partial charge in [-0.3, -0.25) is 0 Å². The maximum absolute atomic E-state index is 6.30. The van der Waals surface area contributed by atoms with Crippen molar-refractivity contribution in [3.8, 4) is 12.3 Å². The topological polar surface area (TPSA) is 15.3 Å². The van der Waals surface area contributed by atoms with Crippen LogP contribution in [0.2, 0.25) is 5.02 Å². The first-order chi connectivity index (χ1) is 8.13. The van der Waals surface area contributed by atoms with Crippen molar-refractivity contribution in [3.05, 3.63) is 28.8 Å². The molecule has 0 bridgehead atoms. The predicted octanol–water partition coefficient (Wildman–Crippen LogP) is 3.08. The molecule has 0 saturated heterocycles. The van der Waals surface area contributed by atoms with E-state index in [1.165, 1.54) is 5.56 Å². The molecule has 1 aromatic carbocycles. The van der Waals surface area contributed by atoms with Crippen LogP contribution in [0.15, 0.2) is 18.2 Å². The molecule has 0 heterocycles. The fraction of sp³-hybridized carbons (Fsp3) is 0.429. The van der Waals surface area contributed by atoms with Crippen molar-refractivity contribution in [2.45, 2.75) is 19.9 Å². The van der Waals surface area contributed by atoms with Crippen molar-refractivity contribution >= 4 is 17.3 Å². The second-order valence-corrected chi connectivity index (χ2v) is 4.35. The molecule has 3 heteroatoms. The van der Waals surface area contributed by atoms with Crippen molar-refractivity contribution < 1.29 is 0 Å². The van der Waals surface area contributed by atoms with Crippen molar-refractivity contribution in [2.75, 3.05) is 25.0 Å². The van der Waals surface area contributed by atoms with Gasteiger partial charge in [0.1, 0.15) is 0 Å². The third-order valence-corrected chi connectivity index (χ3v) is 3.21. The van der Waals surface area contributed by atoms with Gasteiger partial charge in [-0.2, -0.15) is 0 Å². The Morgan fingerprint density at radius 1 is 1.53 bits per heavy atom. The lowest BCUT2D eigenvalue weighted by molar-refractivity contribution is 0.652. The van der Waals surface area contributed by atoms with Crippen LogP contribution < -0.4 is 10.2 Å². The Morgan fingerprint density at radius 3 is 2.71 bits per heavy atom. The first kappa shape index (κ1) is 13.9. The smallest absolute Gasteiger partial charge is 0.0792 e. The summed E-state index contributed by atoms with van der Waals surface area (Å²) < 4.78 is 0. The zero-order valence-corrected chi connectivity index (χ0v) is 11.4. The highest BCUT2D eigenvalue weighted by atomic mass is 35.5. The van der Waals surface area contributed by atoms with E-state index in [1.54, 1.807) is 0 Å². The average molecular weight is 251 g/mol. The molecule has 1 atom stereocenters. The van der Waals surface area contributed by atoms with Gasteiger partial charge in [0.15, 0.2) is 0 Å². The highest BCUT2D eigenvalue weighted by molar-refractivity contribution is 6.33. The maximum Gasteiger partial charge on any atom is 0.0792 e. The molecule has 1 unspecified atom stereocenters. The molecule has 92 valence electrons. The molecular weight excluding hydrogens is 232 g/mol. The van der Waals surface area contributed by atoms with Crippen LogP contribution in [0.1, 0.15) is 25.5 Å². The van der Waals surface area contributed by atoms with Crippen LogP contribution in [0.5, 0.6) is 0 Å². The van der Waals surface area contributed by atoms with Crippen LogP contribution in [-0.4, -0.2) is 20.1 Å². The van der Waals surface area contributed by atoms with Crippen LogP contribution in [0.3, 0.4) is 0 Å². The third-order valence-electron chi connectivity index (χ3n) is 2.91. The number of terminal acetylenes is 1. The lowest BCUT2D eigenvalue weighted by Gasteiger charge is -2.22. The van der Waals surface area contributed by atoms with Gasteiger partial charge in [0.05, 0.1) is 17.3 Å². The summed E-state index contributed by atoms with van der Waals surface area (Å²) in [5.74, 6) is 2.65. The van der Waals surface area contributed by atoms with Crippen LogP contribution >= 0.6 is 11.6 Å². The fourth-order valence-corrected chi connectivity index (χ4v) is 2.00. The van der Waals surface area contributed by atoms with Gasteiger partial charge in [0, 0.05) is 12.6 Å². The Labute approximate surface area is 109 Å². The number of anilines is 1. The molecule has 1 rings (SSSR count). The highest BCUT2D eigenvalue weighted by Gasteiger charge is 2.10. The summed E-state index contributed by atoms with van der Waals surface area (Å²) in [6.45, 7) is 5.60. The number of nitrogens with one attached hydrogen (secondary N) is 1. The molecule has 0 radical (unpaired) electrons. The number of rotatable bonds is 5. The summed E-state index contributed by atoms with van der Waals surface area (Å²) in [5.41, 5.74) is 2.18. The van der Waals surface area contributed by atoms with Gasteiger partial charge in [0.2, 0.25) is 0 Å². The molecule has 0 aliphatic carbocycles. The molecule has 0 aliphatic heterocycles.